The van der Waals surface area contributed by atoms with E-state index >= 15 is 0 Å². The van der Waals surface area contributed by atoms with Crippen LogP contribution in [-0.2, 0) is 14.8 Å². The molecule has 0 aliphatic carbocycles. The minimum Gasteiger partial charge on any atom is -0.312 e. The number of nitro benzene ring substituents is 1. The van der Waals surface area contributed by atoms with Gasteiger partial charge in [-0.1, -0.05) is 12.1 Å². The zero-order chi connectivity index (χ0) is 18.7. The van der Waals surface area contributed by atoms with Crippen molar-refractivity contribution in [1.29, 1.82) is 0 Å². The van der Waals surface area contributed by atoms with Crippen LogP contribution < -0.4 is 9.62 Å². The molecule has 2 aromatic carbocycles. The molecule has 0 spiro atoms. The van der Waals surface area contributed by atoms with E-state index in [0.717, 1.165) is 18.9 Å². The summed E-state index contributed by atoms with van der Waals surface area (Å²) in [6.45, 7) is 0.639. The molecule has 1 fully saturated rings. The molecule has 0 bridgehead atoms. The first-order chi connectivity index (χ1) is 12.4. The van der Waals surface area contributed by atoms with Gasteiger partial charge in [-0.3, -0.25) is 19.6 Å². The molecule has 9 heteroatoms. The number of carbonyl (C=O) groups excluding carboxylic acids is 1. The van der Waals surface area contributed by atoms with Gasteiger partial charge in [0.1, 0.15) is 0 Å². The normalized spacial score (nSPS) is 14.9. The topological polar surface area (TPSA) is 110 Å². The third kappa shape index (κ3) is 3.67. The first-order valence-electron chi connectivity index (χ1n) is 8.05. The van der Waals surface area contributed by atoms with E-state index in [0.29, 0.717) is 18.7 Å². The van der Waals surface area contributed by atoms with Crippen LogP contribution in [0.3, 0.4) is 0 Å². The van der Waals surface area contributed by atoms with Gasteiger partial charge in [-0.25, -0.2) is 8.42 Å². The van der Waals surface area contributed by atoms with E-state index in [1.165, 1.54) is 30.3 Å². The van der Waals surface area contributed by atoms with Gasteiger partial charge in [0.2, 0.25) is 5.91 Å². The van der Waals surface area contributed by atoms with E-state index < -0.39 is 25.5 Å². The Bertz CT molecular complexity index is 941. The number of rotatable bonds is 5. The molecule has 1 amide bonds. The van der Waals surface area contributed by atoms with Gasteiger partial charge in [-0.15, -0.1) is 0 Å². The number of piperidine rings is 1. The summed E-state index contributed by atoms with van der Waals surface area (Å²) in [5, 5.41) is 11.0. The first kappa shape index (κ1) is 17.9. The van der Waals surface area contributed by atoms with Crippen molar-refractivity contribution in [3.63, 3.8) is 0 Å². The summed E-state index contributed by atoms with van der Waals surface area (Å²) in [6, 6.07) is 11.5. The summed E-state index contributed by atoms with van der Waals surface area (Å²) in [5.41, 5.74) is 0.468. The Morgan fingerprint density at radius 1 is 1.04 bits per heavy atom. The largest absolute Gasteiger partial charge is 0.312 e. The highest BCUT2D eigenvalue weighted by atomic mass is 32.2. The number of benzene rings is 2. The zero-order valence-corrected chi connectivity index (χ0v) is 14.6. The van der Waals surface area contributed by atoms with Gasteiger partial charge in [0.05, 0.1) is 4.92 Å². The Labute approximate surface area is 150 Å². The fourth-order valence-electron chi connectivity index (χ4n) is 2.83. The molecule has 2 aromatic rings. The first-order valence-corrected chi connectivity index (χ1v) is 9.53. The van der Waals surface area contributed by atoms with Crippen LogP contribution in [0.2, 0.25) is 0 Å². The molecule has 1 heterocycles. The Morgan fingerprint density at radius 2 is 1.73 bits per heavy atom. The SMILES string of the molecule is O=C1CCCCN1c1ccc(NS(=O)(=O)c2ccccc2[N+](=O)[O-])cc1. The van der Waals surface area contributed by atoms with Crippen LogP contribution in [0.1, 0.15) is 19.3 Å². The Hall–Kier alpha value is -2.94. The van der Waals surface area contributed by atoms with Gasteiger partial charge in [-0.05, 0) is 43.2 Å². The van der Waals surface area contributed by atoms with Crippen LogP contribution in [0.25, 0.3) is 0 Å². The maximum absolute atomic E-state index is 12.5. The maximum Gasteiger partial charge on any atom is 0.289 e. The molecular formula is C17H17N3O5S. The highest BCUT2D eigenvalue weighted by Crippen LogP contribution is 2.27. The highest BCUT2D eigenvalue weighted by Gasteiger charge is 2.25. The van der Waals surface area contributed by atoms with Crippen molar-refractivity contribution in [2.75, 3.05) is 16.2 Å². The van der Waals surface area contributed by atoms with E-state index in [9.17, 15) is 23.3 Å². The third-order valence-electron chi connectivity index (χ3n) is 4.11. The van der Waals surface area contributed by atoms with Gasteiger partial charge < -0.3 is 4.90 Å². The van der Waals surface area contributed by atoms with Gasteiger partial charge in [-0.2, -0.15) is 0 Å². The summed E-state index contributed by atoms with van der Waals surface area (Å²) >= 11 is 0. The molecule has 3 rings (SSSR count). The Balaban J connectivity index is 1.83. The molecule has 0 aromatic heterocycles. The van der Waals surface area contributed by atoms with Crippen molar-refractivity contribution in [2.45, 2.75) is 24.2 Å². The molecule has 0 radical (unpaired) electrons. The fourth-order valence-corrected chi connectivity index (χ4v) is 4.07. The standard InChI is InChI=1S/C17H17N3O5S/c21-17-7-3-4-12-19(17)14-10-8-13(9-11-14)18-26(24,25)16-6-2-1-5-15(16)20(22)23/h1-2,5-6,8-11,18H,3-4,7,12H2. The van der Waals surface area contributed by atoms with Gasteiger partial charge in [0.15, 0.2) is 4.90 Å². The predicted octanol–water partition coefficient (Wildman–Crippen LogP) is 2.91. The summed E-state index contributed by atoms with van der Waals surface area (Å²) in [4.78, 5) is 23.5. The van der Waals surface area contributed by atoms with E-state index in [1.807, 2.05) is 0 Å². The van der Waals surface area contributed by atoms with Gasteiger partial charge in [0, 0.05) is 30.4 Å². The number of nitrogens with one attached hydrogen (secondary N) is 1. The summed E-state index contributed by atoms with van der Waals surface area (Å²) in [6.07, 6.45) is 2.31. The molecule has 26 heavy (non-hydrogen) atoms. The van der Waals surface area contributed by atoms with E-state index in [1.54, 1.807) is 17.0 Å². The number of nitrogens with zero attached hydrogens (tertiary/aromatic N) is 2. The Morgan fingerprint density at radius 3 is 2.38 bits per heavy atom. The number of para-hydroxylation sites is 1. The number of hydrogen-bond acceptors (Lipinski definition) is 5. The lowest BCUT2D eigenvalue weighted by Gasteiger charge is -2.26. The summed E-state index contributed by atoms with van der Waals surface area (Å²) in [7, 11) is -4.11. The second kappa shape index (κ2) is 7.12. The maximum atomic E-state index is 12.5. The lowest BCUT2D eigenvalue weighted by atomic mass is 10.1. The van der Waals surface area contributed by atoms with Crippen LogP contribution in [0.4, 0.5) is 17.1 Å². The molecule has 1 N–H and O–H groups in total. The van der Waals surface area contributed by atoms with Crippen molar-refractivity contribution >= 4 is 33.0 Å². The molecule has 0 atom stereocenters. The van der Waals surface area contributed by atoms with Crippen LogP contribution in [0, 0.1) is 10.1 Å². The number of carbonyl (C=O) groups is 1. The summed E-state index contributed by atoms with van der Waals surface area (Å²) < 4.78 is 27.3. The average Bonchev–Trinajstić information content (AvgIpc) is 2.63. The van der Waals surface area contributed by atoms with E-state index in [4.69, 9.17) is 0 Å². The predicted molar refractivity (Wildman–Crippen MR) is 96.6 cm³/mol. The summed E-state index contributed by atoms with van der Waals surface area (Å²) in [5.74, 6) is 0.0458. The number of amides is 1. The van der Waals surface area contributed by atoms with Crippen LogP contribution >= 0.6 is 0 Å². The van der Waals surface area contributed by atoms with E-state index in [2.05, 4.69) is 4.72 Å². The Kier molecular flexibility index (Phi) is 4.90. The van der Waals surface area contributed by atoms with Crippen LogP contribution in [0.5, 0.6) is 0 Å². The third-order valence-corrected chi connectivity index (χ3v) is 5.53. The smallest absolute Gasteiger partial charge is 0.289 e. The second-order valence-corrected chi connectivity index (χ2v) is 7.53. The molecule has 8 nitrogen and oxygen atoms in total. The zero-order valence-electron chi connectivity index (χ0n) is 13.8. The van der Waals surface area contributed by atoms with Crippen molar-refractivity contribution < 1.29 is 18.1 Å². The quantitative estimate of drug-likeness (QED) is 0.638. The lowest BCUT2D eigenvalue weighted by molar-refractivity contribution is -0.387. The molecule has 0 saturated carbocycles. The number of sulfonamides is 1. The van der Waals surface area contributed by atoms with Crippen LogP contribution in [-0.4, -0.2) is 25.8 Å². The fraction of sp³-hybridized carbons (Fsp3) is 0.235. The van der Waals surface area contributed by atoms with Crippen molar-refractivity contribution in [3.05, 3.63) is 58.6 Å². The molecule has 0 unspecified atom stereocenters. The molecule has 136 valence electrons. The number of nitro groups is 1. The van der Waals surface area contributed by atoms with Gasteiger partial charge >= 0.3 is 0 Å². The second-order valence-electron chi connectivity index (χ2n) is 5.88. The highest BCUT2D eigenvalue weighted by molar-refractivity contribution is 7.92. The number of hydrogen-bond donors (Lipinski definition) is 1. The van der Waals surface area contributed by atoms with Gasteiger partial charge in [0.25, 0.3) is 15.7 Å². The number of anilines is 2. The minimum atomic E-state index is -4.11. The molecule has 1 aliphatic heterocycles. The molecular weight excluding hydrogens is 358 g/mol. The lowest BCUT2D eigenvalue weighted by Crippen LogP contribution is -2.35. The molecule has 1 aliphatic rings. The van der Waals surface area contributed by atoms with Crippen molar-refractivity contribution in [3.8, 4) is 0 Å². The minimum absolute atomic E-state index is 0.0458. The van der Waals surface area contributed by atoms with Crippen molar-refractivity contribution in [2.24, 2.45) is 0 Å². The monoisotopic (exact) mass is 375 g/mol. The van der Waals surface area contributed by atoms with Crippen molar-refractivity contribution in [1.82, 2.24) is 0 Å². The molecule has 1 saturated heterocycles. The average molecular weight is 375 g/mol. The van der Waals surface area contributed by atoms with Crippen LogP contribution in [0.15, 0.2) is 53.4 Å². The van der Waals surface area contributed by atoms with E-state index in [-0.39, 0.29) is 11.6 Å².